The smallest absolute Gasteiger partial charge is 0.142 e. The number of aromatic nitrogens is 2. The van der Waals surface area contributed by atoms with Crippen molar-refractivity contribution in [3.05, 3.63) is 24.3 Å². The van der Waals surface area contributed by atoms with Gasteiger partial charge in [-0.15, -0.1) is 0 Å². The quantitative estimate of drug-likeness (QED) is 0.696. The molecule has 70 valence electrons. The summed E-state index contributed by atoms with van der Waals surface area (Å²) in [6.45, 7) is 2.44. The summed E-state index contributed by atoms with van der Waals surface area (Å²) in [4.78, 5) is 10.4. The van der Waals surface area contributed by atoms with Gasteiger partial charge < -0.3 is 5.11 Å². The van der Waals surface area contributed by atoms with Gasteiger partial charge in [0.25, 0.3) is 0 Å². The normalized spacial score (nSPS) is 23.6. The van der Waals surface area contributed by atoms with Crippen molar-refractivity contribution in [1.29, 1.82) is 0 Å². The molecule has 0 spiro atoms. The lowest BCUT2D eigenvalue weighted by atomic mass is 10.3. The first-order chi connectivity index (χ1) is 6.34. The minimum atomic E-state index is -0.163. The maximum atomic E-state index is 9.30. The Balaban J connectivity index is 1.92. The van der Waals surface area contributed by atoms with Gasteiger partial charge >= 0.3 is 0 Å². The molecular formula is C9H13N3O. The second-order valence-electron chi connectivity index (χ2n) is 3.34. The molecule has 1 aliphatic rings. The molecule has 1 atom stereocenters. The van der Waals surface area contributed by atoms with Crippen LogP contribution in [0.25, 0.3) is 0 Å². The van der Waals surface area contributed by atoms with E-state index in [1.54, 1.807) is 12.4 Å². The standard InChI is InChI=1S/C9H13N3O/c13-8-2-5-12(6-8)7-9-10-3-1-4-11-9/h1,3-4,8,13H,2,5-7H2. The fraction of sp³-hybridized carbons (Fsp3) is 0.556. The summed E-state index contributed by atoms with van der Waals surface area (Å²) in [6, 6.07) is 1.81. The van der Waals surface area contributed by atoms with Crippen LogP contribution in [-0.2, 0) is 6.54 Å². The van der Waals surface area contributed by atoms with Gasteiger partial charge in [-0.05, 0) is 12.5 Å². The molecule has 4 nitrogen and oxygen atoms in total. The van der Waals surface area contributed by atoms with Crippen LogP contribution >= 0.6 is 0 Å². The first kappa shape index (κ1) is 8.59. The minimum absolute atomic E-state index is 0.163. The Hall–Kier alpha value is -1.00. The van der Waals surface area contributed by atoms with Gasteiger partial charge in [0.2, 0.25) is 0 Å². The fourth-order valence-electron chi connectivity index (χ4n) is 1.57. The van der Waals surface area contributed by atoms with Crippen LogP contribution in [0.3, 0.4) is 0 Å². The van der Waals surface area contributed by atoms with Crippen molar-refractivity contribution < 1.29 is 5.11 Å². The summed E-state index contributed by atoms with van der Waals surface area (Å²) in [5.74, 6) is 0.830. The van der Waals surface area contributed by atoms with Crippen LogP contribution in [0.2, 0.25) is 0 Å². The maximum Gasteiger partial charge on any atom is 0.142 e. The number of rotatable bonds is 2. The molecule has 1 fully saturated rings. The van der Waals surface area contributed by atoms with E-state index < -0.39 is 0 Å². The lowest BCUT2D eigenvalue weighted by Crippen LogP contribution is -2.22. The van der Waals surface area contributed by atoms with Gasteiger partial charge in [-0.1, -0.05) is 0 Å². The van der Waals surface area contributed by atoms with E-state index in [0.717, 1.165) is 31.9 Å². The first-order valence-corrected chi connectivity index (χ1v) is 4.51. The highest BCUT2D eigenvalue weighted by Gasteiger charge is 2.20. The van der Waals surface area contributed by atoms with E-state index in [2.05, 4.69) is 14.9 Å². The topological polar surface area (TPSA) is 49.2 Å². The van der Waals surface area contributed by atoms with E-state index in [1.807, 2.05) is 6.07 Å². The summed E-state index contributed by atoms with van der Waals surface area (Å²) < 4.78 is 0. The van der Waals surface area contributed by atoms with Crippen molar-refractivity contribution in [3.63, 3.8) is 0 Å². The molecular weight excluding hydrogens is 166 g/mol. The second-order valence-corrected chi connectivity index (χ2v) is 3.34. The van der Waals surface area contributed by atoms with Crippen LogP contribution < -0.4 is 0 Å². The summed E-state index contributed by atoms with van der Waals surface area (Å²) in [5, 5.41) is 9.30. The third-order valence-corrected chi connectivity index (χ3v) is 2.23. The lowest BCUT2D eigenvalue weighted by Gasteiger charge is -2.12. The third-order valence-electron chi connectivity index (χ3n) is 2.23. The Bertz CT molecular complexity index is 265. The number of β-amino-alcohol motifs (C(OH)–C–C–N with tert-alkyl or cyclic N) is 1. The third kappa shape index (κ3) is 2.23. The van der Waals surface area contributed by atoms with Gasteiger partial charge in [0.15, 0.2) is 0 Å². The highest BCUT2D eigenvalue weighted by molar-refractivity contribution is 4.89. The van der Waals surface area contributed by atoms with Gasteiger partial charge in [-0.2, -0.15) is 0 Å². The molecule has 0 saturated carbocycles. The van der Waals surface area contributed by atoms with Crippen LogP contribution in [0.5, 0.6) is 0 Å². The highest BCUT2D eigenvalue weighted by atomic mass is 16.3. The lowest BCUT2D eigenvalue weighted by molar-refractivity contribution is 0.174. The Kier molecular flexibility index (Phi) is 2.52. The number of nitrogens with zero attached hydrogens (tertiary/aromatic N) is 3. The van der Waals surface area contributed by atoms with Crippen LogP contribution in [0, 0.1) is 0 Å². The molecule has 13 heavy (non-hydrogen) atoms. The Morgan fingerprint density at radius 2 is 2.23 bits per heavy atom. The summed E-state index contributed by atoms with van der Waals surface area (Å²) in [6.07, 6.45) is 4.19. The summed E-state index contributed by atoms with van der Waals surface area (Å²) in [5.41, 5.74) is 0. The van der Waals surface area contributed by atoms with E-state index in [0.29, 0.717) is 0 Å². The molecule has 0 radical (unpaired) electrons. The fourth-order valence-corrected chi connectivity index (χ4v) is 1.57. The second kappa shape index (κ2) is 3.81. The van der Waals surface area contributed by atoms with E-state index in [-0.39, 0.29) is 6.10 Å². The number of hydrogen-bond acceptors (Lipinski definition) is 4. The van der Waals surface area contributed by atoms with Crippen molar-refractivity contribution >= 4 is 0 Å². The Morgan fingerprint density at radius 3 is 2.85 bits per heavy atom. The molecule has 4 heteroatoms. The first-order valence-electron chi connectivity index (χ1n) is 4.51. The van der Waals surface area contributed by atoms with Gasteiger partial charge in [-0.3, -0.25) is 4.90 Å². The van der Waals surface area contributed by atoms with Crippen LogP contribution in [0.1, 0.15) is 12.2 Å². The molecule has 0 amide bonds. The molecule has 2 rings (SSSR count). The Morgan fingerprint density at radius 1 is 1.46 bits per heavy atom. The van der Waals surface area contributed by atoms with Crippen molar-refractivity contribution in [2.75, 3.05) is 13.1 Å². The zero-order valence-corrected chi connectivity index (χ0v) is 7.43. The molecule has 0 bridgehead atoms. The van der Waals surface area contributed by atoms with Gasteiger partial charge in [0.05, 0.1) is 12.6 Å². The number of likely N-dealkylation sites (tertiary alicyclic amines) is 1. The molecule has 2 heterocycles. The molecule has 0 aromatic carbocycles. The predicted molar refractivity (Wildman–Crippen MR) is 47.9 cm³/mol. The van der Waals surface area contributed by atoms with E-state index in [1.165, 1.54) is 0 Å². The molecule has 1 N–H and O–H groups in total. The molecule has 1 unspecified atom stereocenters. The van der Waals surface area contributed by atoms with Crippen molar-refractivity contribution in [2.45, 2.75) is 19.1 Å². The maximum absolute atomic E-state index is 9.30. The van der Waals surface area contributed by atoms with E-state index >= 15 is 0 Å². The minimum Gasteiger partial charge on any atom is -0.392 e. The molecule has 1 aromatic heterocycles. The van der Waals surface area contributed by atoms with Crippen LogP contribution in [0.4, 0.5) is 0 Å². The van der Waals surface area contributed by atoms with E-state index in [4.69, 9.17) is 0 Å². The summed E-state index contributed by atoms with van der Waals surface area (Å²) >= 11 is 0. The average Bonchev–Trinajstić information content (AvgIpc) is 2.53. The molecule has 1 saturated heterocycles. The van der Waals surface area contributed by atoms with Gasteiger partial charge in [0, 0.05) is 25.5 Å². The zero-order valence-electron chi connectivity index (χ0n) is 7.43. The number of aliphatic hydroxyl groups excluding tert-OH is 1. The largest absolute Gasteiger partial charge is 0.392 e. The van der Waals surface area contributed by atoms with Gasteiger partial charge in [0.1, 0.15) is 5.82 Å². The zero-order chi connectivity index (χ0) is 9.10. The van der Waals surface area contributed by atoms with Crippen molar-refractivity contribution in [2.24, 2.45) is 0 Å². The number of hydrogen-bond donors (Lipinski definition) is 1. The number of aliphatic hydroxyl groups is 1. The van der Waals surface area contributed by atoms with Crippen LogP contribution in [-0.4, -0.2) is 39.2 Å². The van der Waals surface area contributed by atoms with Crippen molar-refractivity contribution in [1.82, 2.24) is 14.9 Å². The molecule has 1 aliphatic heterocycles. The monoisotopic (exact) mass is 179 g/mol. The average molecular weight is 179 g/mol. The van der Waals surface area contributed by atoms with Gasteiger partial charge in [-0.25, -0.2) is 9.97 Å². The molecule has 0 aliphatic carbocycles. The van der Waals surface area contributed by atoms with E-state index in [9.17, 15) is 5.11 Å². The predicted octanol–water partition coefficient (Wildman–Crippen LogP) is 0.0432. The Labute approximate surface area is 77.2 Å². The van der Waals surface area contributed by atoms with Crippen molar-refractivity contribution in [3.8, 4) is 0 Å². The molecule has 1 aromatic rings. The highest BCUT2D eigenvalue weighted by Crippen LogP contribution is 2.10. The summed E-state index contributed by atoms with van der Waals surface area (Å²) in [7, 11) is 0. The van der Waals surface area contributed by atoms with Crippen LogP contribution in [0.15, 0.2) is 18.5 Å². The SMILES string of the molecule is OC1CCN(Cc2ncccn2)C1.